The van der Waals surface area contributed by atoms with Crippen LogP contribution in [0.25, 0.3) is 0 Å². The van der Waals surface area contributed by atoms with Crippen LogP contribution in [0, 0.1) is 5.92 Å². The summed E-state index contributed by atoms with van der Waals surface area (Å²) in [6, 6.07) is 2.11. The lowest BCUT2D eigenvalue weighted by atomic mass is 9.99. The summed E-state index contributed by atoms with van der Waals surface area (Å²) in [4.78, 5) is 8.64. The van der Waals surface area contributed by atoms with E-state index in [0.29, 0.717) is 5.92 Å². The quantitative estimate of drug-likeness (QED) is 0.798. The van der Waals surface area contributed by atoms with Gasteiger partial charge in [0.1, 0.15) is 12.1 Å². The van der Waals surface area contributed by atoms with Crippen LogP contribution in [0.15, 0.2) is 12.4 Å². The minimum atomic E-state index is 0.574. The van der Waals surface area contributed by atoms with Crippen molar-refractivity contribution in [3.8, 4) is 0 Å². The molecule has 16 heavy (non-hydrogen) atoms. The van der Waals surface area contributed by atoms with Crippen molar-refractivity contribution < 1.29 is 0 Å². The molecule has 0 bridgehead atoms. The van der Waals surface area contributed by atoms with Crippen molar-refractivity contribution >= 4 is 5.82 Å². The Kier molecular flexibility index (Phi) is 3.75. The molecule has 0 saturated heterocycles. The van der Waals surface area contributed by atoms with Gasteiger partial charge in [0.2, 0.25) is 0 Å². The zero-order valence-electron chi connectivity index (χ0n) is 10.2. The summed E-state index contributed by atoms with van der Waals surface area (Å²) in [5, 5.41) is 3.40. The van der Waals surface area contributed by atoms with E-state index < -0.39 is 0 Å². The zero-order chi connectivity index (χ0) is 11.4. The van der Waals surface area contributed by atoms with Crippen LogP contribution >= 0.6 is 0 Å². The van der Waals surface area contributed by atoms with Crippen molar-refractivity contribution in [2.24, 2.45) is 5.92 Å². The zero-order valence-corrected chi connectivity index (χ0v) is 10.2. The van der Waals surface area contributed by atoms with Gasteiger partial charge in [-0.1, -0.05) is 13.8 Å². The van der Waals surface area contributed by atoms with Gasteiger partial charge in [0, 0.05) is 24.2 Å². The van der Waals surface area contributed by atoms with E-state index in [2.05, 4.69) is 35.2 Å². The molecule has 88 valence electrons. The average molecular weight is 219 g/mol. The van der Waals surface area contributed by atoms with Crippen LogP contribution in [-0.2, 0) is 0 Å². The number of rotatable bonds is 6. The van der Waals surface area contributed by atoms with Crippen molar-refractivity contribution in [3.63, 3.8) is 0 Å². The highest BCUT2D eigenvalue weighted by atomic mass is 15.0. The van der Waals surface area contributed by atoms with Crippen molar-refractivity contribution in [1.82, 2.24) is 9.97 Å². The van der Waals surface area contributed by atoms with E-state index in [0.717, 1.165) is 31.1 Å². The standard InChI is InChI=1S/C13H21N3/c1-3-11(4-2)12-7-13(16-9-15-12)14-8-10-5-6-10/h7,9-11H,3-6,8H2,1-2H3,(H,14,15,16). The summed E-state index contributed by atoms with van der Waals surface area (Å²) < 4.78 is 0. The lowest BCUT2D eigenvalue weighted by molar-refractivity contribution is 0.621. The molecule has 0 atom stereocenters. The molecule has 0 spiro atoms. The number of hydrogen-bond donors (Lipinski definition) is 1. The molecule has 0 aromatic carbocycles. The summed E-state index contributed by atoms with van der Waals surface area (Å²) in [5.41, 5.74) is 1.18. The first kappa shape index (κ1) is 11.4. The molecule has 0 unspecified atom stereocenters. The van der Waals surface area contributed by atoms with Crippen LogP contribution in [-0.4, -0.2) is 16.5 Å². The Morgan fingerprint density at radius 3 is 2.69 bits per heavy atom. The van der Waals surface area contributed by atoms with Gasteiger partial charge >= 0.3 is 0 Å². The Balaban J connectivity index is 1.99. The fourth-order valence-electron chi connectivity index (χ4n) is 1.97. The topological polar surface area (TPSA) is 37.8 Å². The summed E-state index contributed by atoms with van der Waals surface area (Å²) in [6.45, 7) is 5.50. The van der Waals surface area contributed by atoms with Crippen molar-refractivity contribution in [1.29, 1.82) is 0 Å². The Morgan fingerprint density at radius 2 is 2.06 bits per heavy atom. The van der Waals surface area contributed by atoms with E-state index in [-0.39, 0.29) is 0 Å². The summed E-state index contributed by atoms with van der Waals surface area (Å²) in [6.07, 6.45) is 6.73. The van der Waals surface area contributed by atoms with Crippen LogP contribution in [0.5, 0.6) is 0 Å². The highest BCUT2D eigenvalue weighted by Crippen LogP contribution is 2.29. The summed E-state index contributed by atoms with van der Waals surface area (Å²) in [7, 11) is 0. The molecule has 0 aliphatic heterocycles. The van der Waals surface area contributed by atoms with Gasteiger partial charge in [-0.05, 0) is 31.6 Å². The van der Waals surface area contributed by atoms with Gasteiger partial charge in [-0.25, -0.2) is 9.97 Å². The Morgan fingerprint density at radius 1 is 1.31 bits per heavy atom. The van der Waals surface area contributed by atoms with Crippen LogP contribution < -0.4 is 5.32 Å². The van der Waals surface area contributed by atoms with Gasteiger partial charge in [-0.15, -0.1) is 0 Å². The minimum Gasteiger partial charge on any atom is -0.370 e. The van der Waals surface area contributed by atoms with E-state index in [4.69, 9.17) is 0 Å². The maximum atomic E-state index is 4.37. The molecule has 1 aromatic heterocycles. The molecule has 3 nitrogen and oxygen atoms in total. The molecular formula is C13H21N3. The monoisotopic (exact) mass is 219 g/mol. The maximum absolute atomic E-state index is 4.37. The van der Waals surface area contributed by atoms with Crippen molar-refractivity contribution in [2.75, 3.05) is 11.9 Å². The first-order chi connectivity index (χ1) is 7.83. The molecule has 3 heteroatoms. The second-order valence-electron chi connectivity index (χ2n) is 4.67. The molecular weight excluding hydrogens is 198 g/mol. The Bertz CT molecular complexity index is 330. The van der Waals surface area contributed by atoms with Gasteiger partial charge in [-0.3, -0.25) is 0 Å². The number of anilines is 1. The smallest absolute Gasteiger partial charge is 0.129 e. The third-order valence-corrected chi connectivity index (χ3v) is 3.36. The van der Waals surface area contributed by atoms with E-state index in [9.17, 15) is 0 Å². The lowest BCUT2D eigenvalue weighted by Crippen LogP contribution is -2.07. The lowest BCUT2D eigenvalue weighted by Gasteiger charge is -2.12. The highest BCUT2D eigenvalue weighted by molar-refractivity contribution is 5.36. The van der Waals surface area contributed by atoms with Gasteiger partial charge < -0.3 is 5.32 Å². The molecule has 1 N–H and O–H groups in total. The first-order valence-electron chi connectivity index (χ1n) is 6.39. The minimum absolute atomic E-state index is 0.574. The van der Waals surface area contributed by atoms with Gasteiger partial charge in [0.15, 0.2) is 0 Å². The molecule has 0 radical (unpaired) electrons. The highest BCUT2D eigenvalue weighted by Gasteiger charge is 2.20. The van der Waals surface area contributed by atoms with E-state index in [1.54, 1.807) is 6.33 Å². The summed E-state index contributed by atoms with van der Waals surface area (Å²) in [5.74, 6) is 2.44. The van der Waals surface area contributed by atoms with Gasteiger partial charge in [0.05, 0.1) is 0 Å². The fourth-order valence-corrected chi connectivity index (χ4v) is 1.97. The van der Waals surface area contributed by atoms with Crippen LogP contribution in [0.1, 0.15) is 51.1 Å². The second kappa shape index (κ2) is 5.28. The Hall–Kier alpha value is -1.12. The maximum Gasteiger partial charge on any atom is 0.129 e. The van der Waals surface area contributed by atoms with Gasteiger partial charge in [0.25, 0.3) is 0 Å². The third kappa shape index (κ3) is 2.94. The SMILES string of the molecule is CCC(CC)c1cc(NCC2CC2)ncn1. The van der Waals surface area contributed by atoms with E-state index >= 15 is 0 Å². The predicted molar refractivity (Wildman–Crippen MR) is 66.6 cm³/mol. The molecule has 1 heterocycles. The van der Waals surface area contributed by atoms with Crippen LogP contribution in [0.4, 0.5) is 5.82 Å². The second-order valence-corrected chi connectivity index (χ2v) is 4.67. The average Bonchev–Trinajstić information content (AvgIpc) is 3.13. The van der Waals surface area contributed by atoms with Crippen LogP contribution in [0.3, 0.4) is 0 Å². The first-order valence-corrected chi connectivity index (χ1v) is 6.39. The number of nitrogens with one attached hydrogen (secondary N) is 1. The third-order valence-electron chi connectivity index (χ3n) is 3.36. The molecule has 0 amide bonds. The molecule has 1 aromatic rings. The molecule has 2 rings (SSSR count). The van der Waals surface area contributed by atoms with Crippen molar-refractivity contribution in [2.45, 2.75) is 45.4 Å². The number of hydrogen-bond acceptors (Lipinski definition) is 3. The molecule has 1 aliphatic carbocycles. The van der Waals surface area contributed by atoms with E-state index in [1.165, 1.54) is 18.5 Å². The number of aromatic nitrogens is 2. The Labute approximate surface area is 97.7 Å². The largest absolute Gasteiger partial charge is 0.370 e. The molecule has 1 aliphatic rings. The van der Waals surface area contributed by atoms with Crippen LogP contribution in [0.2, 0.25) is 0 Å². The normalized spacial score (nSPS) is 15.4. The van der Waals surface area contributed by atoms with Gasteiger partial charge in [-0.2, -0.15) is 0 Å². The predicted octanol–water partition coefficient (Wildman–Crippen LogP) is 3.20. The summed E-state index contributed by atoms with van der Waals surface area (Å²) >= 11 is 0. The van der Waals surface area contributed by atoms with E-state index in [1.807, 2.05) is 0 Å². The number of nitrogens with zero attached hydrogens (tertiary/aromatic N) is 2. The fraction of sp³-hybridized carbons (Fsp3) is 0.692. The van der Waals surface area contributed by atoms with Crippen molar-refractivity contribution in [3.05, 3.63) is 18.1 Å². The molecule has 1 saturated carbocycles. The molecule has 1 fully saturated rings.